The van der Waals surface area contributed by atoms with Gasteiger partial charge in [-0.05, 0) is 63.6 Å². The zero-order valence-electron chi connectivity index (χ0n) is 12.1. The van der Waals surface area contributed by atoms with Gasteiger partial charge in [-0.2, -0.15) is 0 Å². The smallest absolute Gasteiger partial charge is 0.0122 e. The molecule has 0 aromatic carbocycles. The Morgan fingerprint density at radius 3 is 2.24 bits per heavy atom. The van der Waals surface area contributed by atoms with Crippen molar-refractivity contribution in [1.82, 2.24) is 10.2 Å². The monoisotopic (exact) mass is 238 g/mol. The molecule has 0 amide bonds. The zero-order valence-corrected chi connectivity index (χ0v) is 12.1. The summed E-state index contributed by atoms with van der Waals surface area (Å²) >= 11 is 0. The molecule has 2 aliphatic heterocycles. The van der Waals surface area contributed by atoms with Crippen molar-refractivity contribution in [3.63, 3.8) is 0 Å². The first-order chi connectivity index (χ1) is 7.97. The van der Waals surface area contributed by atoms with Crippen molar-refractivity contribution in [1.29, 1.82) is 0 Å². The molecule has 2 unspecified atom stereocenters. The van der Waals surface area contributed by atoms with Gasteiger partial charge in [-0.3, -0.25) is 0 Å². The normalized spacial score (nSPS) is 33.9. The second kappa shape index (κ2) is 5.27. The maximum absolute atomic E-state index is 3.56. The summed E-state index contributed by atoms with van der Waals surface area (Å²) in [6.07, 6.45) is 5.51. The van der Waals surface area contributed by atoms with Gasteiger partial charge in [0.2, 0.25) is 0 Å². The van der Waals surface area contributed by atoms with Crippen LogP contribution >= 0.6 is 0 Å². The summed E-state index contributed by atoms with van der Waals surface area (Å²) in [5.41, 5.74) is 0.507. The van der Waals surface area contributed by atoms with Crippen molar-refractivity contribution in [2.75, 3.05) is 19.6 Å². The molecule has 0 saturated carbocycles. The molecule has 2 rings (SSSR count). The second-order valence-corrected chi connectivity index (χ2v) is 7.21. The molecule has 2 atom stereocenters. The lowest BCUT2D eigenvalue weighted by molar-refractivity contribution is 0.0654. The number of hydrogen-bond acceptors (Lipinski definition) is 2. The van der Waals surface area contributed by atoms with E-state index in [-0.39, 0.29) is 0 Å². The number of rotatable bonds is 1. The fourth-order valence-corrected chi connectivity index (χ4v) is 3.57. The quantitative estimate of drug-likeness (QED) is 0.755. The van der Waals surface area contributed by atoms with Crippen LogP contribution in [0.3, 0.4) is 0 Å². The maximum atomic E-state index is 3.56. The van der Waals surface area contributed by atoms with Crippen LogP contribution in [0.5, 0.6) is 0 Å². The Labute approximate surface area is 107 Å². The number of piperidine rings is 2. The standard InChI is InChI=1S/C15H30N2/c1-12-11-14(5-8-16-12)17-9-6-13(7-10-17)15(2,3)4/h12-14,16H,5-11H2,1-4H3. The third-order valence-electron chi connectivity index (χ3n) is 4.87. The Morgan fingerprint density at radius 2 is 1.71 bits per heavy atom. The van der Waals surface area contributed by atoms with E-state index >= 15 is 0 Å². The average molecular weight is 238 g/mol. The molecule has 0 aromatic rings. The fraction of sp³-hybridized carbons (Fsp3) is 1.00. The van der Waals surface area contributed by atoms with E-state index in [2.05, 4.69) is 37.9 Å². The molecule has 2 aliphatic rings. The van der Waals surface area contributed by atoms with Crippen molar-refractivity contribution < 1.29 is 0 Å². The number of nitrogens with zero attached hydrogens (tertiary/aromatic N) is 1. The van der Waals surface area contributed by atoms with E-state index in [1.165, 1.54) is 45.3 Å². The van der Waals surface area contributed by atoms with Gasteiger partial charge in [0.1, 0.15) is 0 Å². The minimum absolute atomic E-state index is 0.507. The van der Waals surface area contributed by atoms with Crippen LogP contribution in [0.4, 0.5) is 0 Å². The summed E-state index contributed by atoms with van der Waals surface area (Å²) in [4.78, 5) is 2.76. The van der Waals surface area contributed by atoms with Gasteiger partial charge in [-0.1, -0.05) is 20.8 Å². The Hall–Kier alpha value is -0.0800. The second-order valence-electron chi connectivity index (χ2n) is 7.21. The Balaban J connectivity index is 1.82. The van der Waals surface area contributed by atoms with Gasteiger partial charge in [0.15, 0.2) is 0 Å². The highest BCUT2D eigenvalue weighted by molar-refractivity contribution is 4.87. The highest BCUT2D eigenvalue weighted by atomic mass is 15.2. The van der Waals surface area contributed by atoms with Crippen molar-refractivity contribution >= 4 is 0 Å². The van der Waals surface area contributed by atoms with Crippen molar-refractivity contribution in [2.45, 2.75) is 65.5 Å². The molecule has 2 heteroatoms. The van der Waals surface area contributed by atoms with Crippen LogP contribution in [-0.4, -0.2) is 36.6 Å². The van der Waals surface area contributed by atoms with E-state index in [4.69, 9.17) is 0 Å². The predicted octanol–water partition coefficient (Wildman–Crippen LogP) is 2.89. The van der Waals surface area contributed by atoms with E-state index in [1.54, 1.807) is 0 Å². The summed E-state index contributed by atoms with van der Waals surface area (Å²) < 4.78 is 0. The Morgan fingerprint density at radius 1 is 1.06 bits per heavy atom. The van der Waals surface area contributed by atoms with Crippen LogP contribution in [0.25, 0.3) is 0 Å². The minimum atomic E-state index is 0.507. The lowest BCUT2D eigenvalue weighted by atomic mass is 9.75. The van der Waals surface area contributed by atoms with Gasteiger partial charge < -0.3 is 10.2 Å². The molecule has 1 N–H and O–H groups in total. The van der Waals surface area contributed by atoms with Crippen LogP contribution in [0.2, 0.25) is 0 Å². The topological polar surface area (TPSA) is 15.3 Å². The molecule has 0 aromatic heterocycles. The third kappa shape index (κ3) is 3.45. The number of nitrogens with one attached hydrogen (secondary N) is 1. The molecule has 100 valence electrons. The SMILES string of the molecule is CC1CC(N2CCC(C(C)(C)C)CC2)CCN1. The highest BCUT2D eigenvalue weighted by Gasteiger charge is 2.32. The van der Waals surface area contributed by atoms with E-state index in [1.807, 2.05) is 0 Å². The highest BCUT2D eigenvalue weighted by Crippen LogP contribution is 2.35. The van der Waals surface area contributed by atoms with E-state index in [0.29, 0.717) is 11.5 Å². The third-order valence-corrected chi connectivity index (χ3v) is 4.87. The molecule has 2 saturated heterocycles. The molecular weight excluding hydrogens is 208 g/mol. The minimum Gasteiger partial charge on any atom is -0.314 e. The van der Waals surface area contributed by atoms with Gasteiger partial charge in [0.25, 0.3) is 0 Å². The van der Waals surface area contributed by atoms with Crippen LogP contribution in [0.15, 0.2) is 0 Å². The van der Waals surface area contributed by atoms with E-state index in [9.17, 15) is 0 Å². The molecule has 2 nitrogen and oxygen atoms in total. The molecule has 2 heterocycles. The van der Waals surface area contributed by atoms with Gasteiger partial charge in [-0.15, -0.1) is 0 Å². The molecule has 17 heavy (non-hydrogen) atoms. The van der Waals surface area contributed by atoms with Crippen LogP contribution in [-0.2, 0) is 0 Å². The molecule has 0 radical (unpaired) electrons. The van der Waals surface area contributed by atoms with Crippen molar-refractivity contribution in [3.8, 4) is 0 Å². The summed E-state index contributed by atoms with van der Waals surface area (Å²) in [6.45, 7) is 13.4. The van der Waals surface area contributed by atoms with Gasteiger partial charge in [0, 0.05) is 12.1 Å². The molecule has 0 bridgehead atoms. The molecule has 0 spiro atoms. The van der Waals surface area contributed by atoms with E-state index in [0.717, 1.165) is 12.0 Å². The van der Waals surface area contributed by atoms with Crippen molar-refractivity contribution in [2.24, 2.45) is 11.3 Å². The zero-order chi connectivity index (χ0) is 12.5. The molecular formula is C15H30N2. The molecule has 0 aliphatic carbocycles. The Bertz CT molecular complexity index is 236. The van der Waals surface area contributed by atoms with Crippen molar-refractivity contribution in [3.05, 3.63) is 0 Å². The number of hydrogen-bond donors (Lipinski definition) is 1. The average Bonchev–Trinajstić information content (AvgIpc) is 2.28. The number of likely N-dealkylation sites (tertiary alicyclic amines) is 1. The summed E-state index contributed by atoms with van der Waals surface area (Å²) in [5.74, 6) is 0.929. The lowest BCUT2D eigenvalue weighted by Gasteiger charge is -2.44. The van der Waals surface area contributed by atoms with Gasteiger partial charge >= 0.3 is 0 Å². The first kappa shape index (κ1) is 13.4. The summed E-state index contributed by atoms with van der Waals surface area (Å²) in [6, 6.07) is 1.57. The first-order valence-corrected chi connectivity index (χ1v) is 7.44. The fourth-order valence-electron chi connectivity index (χ4n) is 3.57. The predicted molar refractivity (Wildman–Crippen MR) is 74.2 cm³/mol. The maximum Gasteiger partial charge on any atom is 0.0122 e. The summed E-state index contributed by atoms with van der Waals surface area (Å²) in [7, 11) is 0. The molecule has 2 fully saturated rings. The Kier molecular flexibility index (Phi) is 4.14. The largest absolute Gasteiger partial charge is 0.314 e. The van der Waals surface area contributed by atoms with Crippen LogP contribution in [0.1, 0.15) is 53.4 Å². The summed E-state index contributed by atoms with van der Waals surface area (Å²) in [5, 5.41) is 3.56. The van der Waals surface area contributed by atoms with Crippen LogP contribution < -0.4 is 5.32 Å². The van der Waals surface area contributed by atoms with Gasteiger partial charge in [0.05, 0.1) is 0 Å². The van der Waals surface area contributed by atoms with Gasteiger partial charge in [-0.25, -0.2) is 0 Å². The van der Waals surface area contributed by atoms with Crippen LogP contribution in [0, 0.1) is 11.3 Å². The first-order valence-electron chi connectivity index (χ1n) is 7.44. The lowest BCUT2D eigenvalue weighted by Crippen LogP contribution is -2.50. The van der Waals surface area contributed by atoms with E-state index < -0.39 is 0 Å².